The van der Waals surface area contributed by atoms with Gasteiger partial charge in [-0.3, -0.25) is 0 Å². The lowest BCUT2D eigenvalue weighted by atomic mass is 10.2. The summed E-state index contributed by atoms with van der Waals surface area (Å²) in [6.07, 6.45) is -4.79. The molecule has 0 aliphatic rings. The molecule has 0 bridgehead atoms. The summed E-state index contributed by atoms with van der Waals surface area (Å²) in [5, 5.41) is 21.8. The van der Waals surface area contributed by atoms with Crippen molar-refractivity contribution in [2.45, 2.75) is 12.5 Å². The highest BCUT2D eigenvalue weighted by molar-refractivity contribution is 5.89. The van der Waals surface area contributed by atoms with Crippen LogP contribution < -0.4 is 10.6 Å². The molecule has 0 radical (unpaired) electrons. The Hall–Kier alpha value is -2.20. The van der Waals surface area contributed by atoms with E-state index in [1.54, 1.807) is 0 Å². The molecule has 1 aromatic carbocycles. The van der Waals surface area contributed by atoms with E-state index in [0.717, 1.165) is 0 Å². The van der Waals surface area contributed by atoms with Gasteiger partial charge in [-0.15, -0.1) is 0 Å². The Morgan fingerprint density at radius 3 is 2.50 bits per heavy atom. The lowest BCUT2D eigenvalue weighted by Gasteiger charge is -2.11. The number of aliphatic hydroxyl groups excluding tert-OH is 1. The van der Waals surface area contributed by atoms with Gasteiger partial charge in [0.1, 0.15) is 6.10 Å². The fraction of sp³-hybridized carbons (Fsp3) is 0.273. The molecule has 0 fully saturated rings. The molecule has 1 rings (SSSR count). The van der Waals surface area contributed by atoms with E-state index in [1.807, 2.05) is 6.07 Å². The molecule has 18 heavy (non-hydrogen) atoms. The topological polar surface area (TPSA) is 85.2 Å². The highest BCUT2D eigenvalue weighted by Crippen LogP contribution is 2.08. The Labute approximate surface area is 102 Å². The quantitative estimate of drug-likeness (QED) is 0.758. The van der Waals surface area contributed by atoms with Crippen molar-refractivity contribution < 1.29 is 18.7 Å². The highest BCUT2D eigenvalue weighted by Gasteiger charge is 2.17. The number of carbonyl (C=O) groups is 1. The zero-order valence-electron chi connectivity index (χ0n) is 9.23. The first-order chi connectivity index (χ1) is 8.52. The Balaban J connectivity index is 2.42. The van der Waals surface area contributed by atoms with Crippen LogP contribution in [0.15, 0.2) is 24.3 Å². The maximum Gasteiger partial charge on any atom is 0.319 e. The molecule has 1 aromatic rings. The third-order valence-electron chi connectivity index (χ3n) is 2.03. The lowest BCUT2D eigenvalue weighted by Crippen LogP contribution is -2.38. The summed E-state index contributed by atoms with van der Waals surface area (Å²) in [6, 6.07) is 7.22. The Kier molecular flexibility index (Phi) is 5.02. The second-order valence-electron chi connectivity index (χ2n) is 3.43. The van der Waals surface area contributed by atoms with Crippen molar-refractivity contribution in [3.05, 3.63) is 29.8 Å². The minimum Gasteiger partial charge on any atom is -0.385 e. The summed E-state index contributed by atoms with van der Waals surface area (Å²) in [7, 11) is 0. The van der Waals surface area contributed by atoms with Crippen molar-refractivity contribution in [3.63, 3.8) is 0 Å². The van der Waals surface area contributed by atoms with Crippen LogP contribution in [0.3, 0.4) is 0 Å². The molecule has 7 heteroatoms. The van der Waals surface area contributed by atoms with E-state index in [9.17, 15) is 13.6 Å². The van der Waals surface area contributed by atoms with Crippen LogP contribution in [0.25, 0.3) is 0 Å². The molecule has 0 aliphatic heterocycles. The summed E-state index contributed by atoms with van der Waals surface area (Å²) in [5.41, 5.74) is 0.854. The van der Waals surface area contributed by atoms with Crippen LogP contribution in [0.4, 0.5) is 19.3 Å². The molecule has 0 aromatic heterocycles. The van der Waals surface area contributed by atoms with Crippen LogP contribution in [-0.4, -0.2) is 30.2 Å². The molecule has 0 heterocycles. The van der Waals surface area contributed by atoms with Gasteiger partial charge in [0.2, 0.25) is 0 Å². The van der Waals surface area contributed by atoms with Crippen molar-refractivity contribution in [1.82, 2.24) is 5.32 Å². The number of hydrogen-bond acceptors (Lipinski definition) is 3. The summed E-state index contributed by atoms with van der Waals surface area (Å²) < 4.78 is 23.9. The largest absolute Gasteiger partial charge is 0.385 e. The van der Waals surface area contributed by atoms with Gasteiger partial charge in [-0.25, -0.2) is 13.6 Å². The minimum absolute atomic E-state index is 0.415. The van der Waals surface area contributed by atoms with Crippen LogP contribution in [-0.2, 0) is 0 Å². The second-order valence-corrected chi connectivity index (χ2v) is 3.43. The Morgan fingerprint density at radius 2 is 2.00 bits per heavy atom. The van der Waals surface area contributed by atoms with E-state index < -0.39 is 25.1 Å². The molecule has 2 amide bonds. The number of aliphatic hydroxyl groups is 1. The lowest BCUT2D eigenvalue weighted by molar-refractivity contribution is -0.00155. The van der Waals surface area contributed by atoms with Gasteiger partial charge in [0.25, 0.3) is 6.43 Å². The number of benzene rings is 1. The van der Waals surface area contributed by atoms with E-state index in [2.05, 4.69) is 10.6 Å². The zero-order valence-corrected chi connectivity index (χ0v) is 9.23. The first kappa shape index (κ1) is 13.9. The molecule has 0 aliphatic carbocycles. The number of nitriles is 1. The molecule has 0 saturated heterocycles. The van der Waals surface area contributed by atoms with Crippen molar-refractivity contribution in [3.8, 4) is 6.07 Å². The van der Waals surface area contributed by atoms with Crippen LogP contribution in [0.5, 0.6) is 0 Å². The van der Waals surface area contributed by atoms with E-state index in [-0.39, 0.29) is 0 Å². The number of halogens is 2. The van der Waals surface area contributed by atoms with E-state index in [4.69, 9.17) is 10.4 Å². The average molecular weight is 255 g/mol. The van der Waals surface area contributed by atoms with Crippen molar-refractivity contribution >= 4 is 11.7 Å². The highest BCUT2D eigenvalue weighted by atomic mass is 19.3. The van der Waals surface area contributed by atoms with Gasteiger partial charge in [-0.05, 0) is 24.3 Å². The number of carbonyl (C=O) groups excluding carboxylic acids is 1. The monoisotopic (exact) mass is 255 g/mol. The number of hydrogen-bond donors (Lipinski definition) is 3. The van der Waals surface area contributed by atoms with Gasteiger partial charge < -0.3 is 15.7 Å². The molecule has 96 valence electrons. The summed E-state index contributed by atoms with van der Waals surface area (Å²) in [5.74, 6) is 0. The number of nitrogens with one attached hydrogen (secondary N) is 2. The molecule has 5 nitrogen and oxygen atoms in total. The van der Waals surface area contributed by atoms with Crippen LogP contribution in [0.1, 0.15) is 5.56 Å². The normalized spacial score (nSPS) is 11.7. The van der Waals surface area contributed by atoms with Crippen LogP contribution in [0.2, 0.25) is 0 Å². The SMILES string of the molecule is N#Cc1ccc(NC(=O)NCC(O)C(F)F)cc1. The van der Waals surface area contributed by atoms with Crippen molar-refractivity contribution in [1.29, 1.82) is 5.26 Å². The molecule has 0 saturated carbocycles. The molecule has 1 atom stereocenters. The van der Waals surface area contributed by atoms with Crippen LogP contribution in [0, 0.1) is 11.3 Å². The third-order valence-corrected chi connectivity index (χ3v) is 2.03. The standard InChI is InChI=1S/C11H11F2N3O2/c12-10(13)9(17)6-15-11(18)16-8-3-1-7(5-14)2-4-8/h1-4,9-10,17H,6H2,(H2,15,16,18). The number of urea groups is 1. The van der Waals surface area contributed by atoms with Gasteiger partial charge in [0, 0.05) is 5.69 Å². The number of nitrogens with zero attached hydrogens (tertiary/aromatic N) is 1. The summed E-state index contributed by atoms with van der Waals surface area (Å²) >= 11 is 0. The zero-order chi connectivity index (χ0) is 13.5. The fourth-order valence-corrected chi connectivity index (χ4v) is 1.09. The summed E-state index contributed by atoms with van der Waals surface area (Å²) in [4.78, 5) is 11.3. The predicted octanol–water partition coefficient (Wildman–Crippen LogP) is 1.31. The van der Waals surface area contributed by atoms with Gasteiger partial charge in [0.15, 0.2) is 0 Å². The first-order valence-corrected chi connectivity index (χ1v) is 5.04. The molecule has 3 N–H and O–H groups in total. The van der Waals surface area contributed by atoms with E-state index >= 15 is 0 Å². The Bertz CT molecular complexity index is 443. The average Bonchev–Trinajstić information content (AvgIpc) is 2.36. The molecular weight excluding hydrogens is 244 g/mol. The maximum absolute atomic E-state index is 11.9. The van der Waals surface area contributed by atoms with E-state index in [1.165, 1.54) is 24.3 Å². The maximum atomic E-state index is 11.9. The number of anilines is 1. The fourth-order valence-electron chi connectivity index (χ4n) is 1.09. The number of alkyl halides is 2. The van der Waals surface area contributed by atoms with Gasteiger partial charge in [0.05, 0.1) is 18.2 Å². The van der Waals surface area contributed by atoms with Crippen LogP contribution >= 0.6 is 0 Å². The van der Waals surface area contributed by atoms with Gasteiger partial charge in [-0.2, -0.15) is 5.26 Å². The van der Waals surface area contributed by atoms with Gasteiger partial charge in [-0.1, -0.05) is 0 Å². The second kappa shape index (κ2) is 6.51. The molecule has 1 unspecified atom stereocenters. The van der Waals surface area contributed by atoms with Gasteiger partial charge >= 0.3 is 6.03 Å². The number of amides is 2. The van der Waals surface area contributed by atoms with Crippen molar-refractivity contribution in [2.75, 3.05) is 11.9 Å². The van der Waals surface area contributed by atoms with Crippen molar-refractivity contribution in [2.24, 2.45) is 0 Å². The summed E-state index contributed by atoms with van der Waals surface area (Å²) in [6.45, 7) is -0.542. The first-order valence-electron chi connectivity index (χ1n) is 5.04. The third kappa shape index (κ3) is 4.35. The Morgan fingerprint density at radius 1 is 1.39 bits per heavy atom. The minimum atomic E-state index is -2.90. The predicted molar refractivity (Wildman–Crippen MR) is 60.2 cm³/mol. The number of rotatable bonds is 4. The smallest absolute Gasteiger partial charge is 0.319 e. The molecule has 0 spiro atoms. The molecular formula is C11H11F2N3O2. The van der Waals surface area contributed by atoms with E-state index in [0.29, 0.717) is 11.3 Å².